The lowest BCUT2D eigenvalue weighted by Gasteiger charge is -2.32. The topological polar surface area (TPSA) is 15.3 Å². The number of nitrogens with one attached hydrogen (secondary N) is 1. The average Bonchev–Trinajstić information content (AvgIpc) is 2.33. The number of rotatable bonds is 0. The maximum absolute atomic E-state index is 3.41. The lowest BCUT2D eigenvalue weighted by atomic mass is 9.93. The number of nitrogens with zero attached hydrogens (tertiary/aromatic N) is 1. The summed E-state index contributed by atoms with van der Waals surface area (Å²) < 4.78 is 0. The van der Waals surface area contributed by atoms with Gasteiger partial charge in [0.25, 0.3) is 0 Å². The second kappa shape index (κ2) is 2.51. The predicted octanol–water partition coefficient (Wildman–Crippen LogP) is 0.995. The quantitative estimate of drug-likeness (QED) is 0.540. The van der Waals surface area contributed by atoms with E-state index in [2.05, 4.69) is 17.4 Å². The van der Waals surface area contributed by atoms with Crippen LogP contribution in [0.25, 0.3) is 0 Å². The summed E-state index contributed by atoms with van der Waals surface area (Å²) in [5, 5.41) is 2.43. The average molecular weight is 140 g/mol. The Kier molecular flexibility index (Phi) is 1.66. The van der Waals surface area contributed by atoms with Gasteiger partial charge in [-0.25, -0.2) is 5.01 Å². The SMILES string of the molecule is CC1CCN2NCCC2C1. The summed E-state index contributed by atoms with van der Waals surface area (Å²) in [6.45, 7) is 4.85. The van der Waals surface area contributed by atoms with E-state index in [9.17, 15) is 0 Å². The van der Waals surface area contributed by atoms with Crippen LogP contribution in [-0.4, -0.2) is 24.1 Å². The van der Waals surface area contributed by atoms with Gasteiger partial charge in [-0.2, -0.15) is 0 Å². The fourth-order valence-electron chi connectivity index (χ4n) is 2.11. The third-order valence-electron chi connectivity index (χ3n) is 2.77. The molecule has 2 atom stereocenters. The fourth-order valence-corrected chi connectivity index (χ4v) is 2.11. The molecule has 0 aromatic carbocycles. The second-order valence-electron chi connectivity index (χ2n) is 3.67. The van der Waals surface area contributed by atoms with E-state index in [0.717, 1.165) is 12.0 Å². The van der Waals surface area contributed by atoms with E-state index in [0.29, 0.717) is 0 Å². The van der Waals surface area contributed by atoms with Crippen molar-refractivity contribution < 1.29 is 0 Å². The molecule has 2 aliphatic rings. The van der Waals surface area contributed by atoms with Crippen LogP contribution < -0.4 is 5.43 Å². The van der Waals surface area contributed by atoms with Crippen LogP contribution in [0.15, 0.2) is 0 Å². The van der Waals surface area contributed by atoms with Crippen LogP contribution in [0.2, 0.25) is 0 Å². The minimum atomic E-state index is 0.865. The standard InChI is InChI=1S/C8H16N2/c1-7-3-5-10-8(6-7)2-4-9-10/h7-9H,2-6H2,1H3. The van der Waals surface area contributed by atoms with Gasteiger partial charge in [-0.15, -0.1) is 0 Å². The molecule has 58 valence electrons. The van der Waals surface area contributed by atoms with E-state index >= 15 is 0 Å². The van der Waals surface area contributed by atoms with Crippen LogP contribution in [0.1, 0.15) is 26.2 Å². The molecule has 0 radical (unpaired) electrons. The normalized spacial score (nSPS) is 41.7. The Bertz CT molecular complexity index is 124. The fraction of sp³-hybridized carbons (Fsp3) is 1.00. The number of hydrogen-bond acceptors (Lipinski definition) is 2. The minimum absolute atomic E-state index is 0.865. The van der Waals surface area contributed by atoms with Gasteiger partial charge in [0.05, 0.1) is 0 Å². The number of fused-ring (bicyclic) bond motifs is 1. The molecule has 0 aromatic rings. The summed E-state index contributed by atoms with van der Waals surface area (Å²) in [6, 6.07) is 0.865. The van der Waals surface area contributed by atoms with Gasteiger partial charge in [0.15, 0.2) is 0 Å². The summed E-state index contributed by atoms with van der Waals surface area (Å²) >= 11 is 0. The van der Waals surface area contributed by atoms with Gasteiger partial charge in [-0.3, -0.25) is 5.43 Å². The predicted molar refractivity (Wildman–Crippen MR) is 41.5 cm³/mol. The molecule has 2 rings (SSSR count). The molecule has 2 unspecified atom stereocenters. The lowest BCUT2D eigenvalue weighted by molar-refractivity contribution is 0.115. The molecule has 0 bridgehead atoms. The van der Waals surface area contributed by atoms with Crippen LogP contribution in [-0.2, 0) is 0 Å². The van der Waals surface area contributed by atoms with Gasteiger partial charge in [0.2, 0.25) is 0 Å². The Morgan fingerprint density at radius 3 is 3.20 bits per heavy atom. The first kappa shape index (κ1) is 6.62. The van der Waals surface area contributed by atoms with Gasteiger partial charge in [-0.05, 0) is 25.2 Å². The molecule has 2 saturated heterocycles. The minimum Gasteiger partial charge on any atom is -0.255 e. The summed E-state index contributed by atoms with van der Waals surface area (Å²) in [5.41, 5.74) is 3.41. The molecule has 0 aromatic heterocycles. The number of piperidine rings is 1. The first-order valence-electron chi connectivity index (χ1n) is 4.36. The summed E-state index contributed by atoms with van der Waals surface area (Å²) in [4.78, 5) is 0. The zero-order valence-electron chi connectivity index (χ0n) is 6.64. The van der Waals surface area contributed by atoms with Crippen molar-refractivity contribution in [3.05, 3.63) is 0 Å². The number of hydrogen-bond donors (Lipinski definition) is 1. The third kappa shape index (κ3) is 1.06. The molecular formula is C8H16N2. The van der Waals surface area contributed by atoms with E-state index in [-0.39, 0.29) is 0 Å². The summed E-state index contributed by atoms with van der Waals surface area (Å²) in [7, 11) is 0. The third-order valence-corrected chi connectivity index (χ3v) is 2.77. The molecule has 2 fully saturated rings. The molecule has 0 saturated carbocycles. The molecule has 2 nitrogen and oxygen atoms in total. The van der Waals surface area contributed by atoms with Crippen molar-refractivity contribution in [2.45, 2.75) is 32.2 Å². The summed E-state index contributed by atoms with van der Waals surface area (Å²) in [5.74, 6) is 0.959. The number of hydrazine groups is 1. The Morgan fingerprint density at radius 1 is 1.40 bits per heavy atom. The maximum atomic E-state index is 3.41. The highest BCUT2D eigenvalue weighted by Crippen LogP contribution is 2.25. The van der Waals surface area contributed by atoms with Crippen molar-refractivity contribution in [1.29, 1.82) is 0 Å². The lowest BCUT2D eigenvalue weighted by Crippen LogP contribution is -2.42. The van der Waals surface area contributed by atoms with Gasteiger partial charge in [0, 0.05) is 19.1 Å². The molecule has 0 amide bonds. The van der Waals surface area contributed by atoms with E-state index in [1.165, 1.54) is 32.4 Å². The molecule has 10 heavy (non-hydrogen) atoms. The molecular weight excluding hydrogens is 124 g/mol. The van der Waals surface area contributed by atoms with Crippen molar-refractivity contribution >= 4 is 0 Å². The second-order valence-corrected chi connectivity index (χ2v) is 3.67. The van der Waals surface area contributed by atoms with Crippen molar-refractivity contribution in [2.75, 3.05) is 13.1 Å². The van der Waals surface area contributed by atoms with Crippen LogP contribution >= 0.6 is 0 Å². The van der Waals surface area contributed by atoms with Gasteiger partial charge < -0.3 is 0 Å². The van der Waals surface area contributed by atoms with Crippen LogP contribution in [0, 0.1) is 5.92 Å². The van der Waals surface area contributed by atoms with E-state index in [4.69, 9.17) is 0 Å². The van der Waals surface area contributed by atoms with Crippen molar-refractivity contribution in [2.24, 2.45) is 5.92 Å². The first-order valence-corrected chi connectivity index (χ1v) is 4.36. The van der Waals surface area contributed by atoms with E-state index in [1.54, 1.807) is 0 Å². The summed E-state index contributed by atoms with van der Waals surface area (Å²) in [6.07, 6.45) is 4.15. The smallest absolute Gasteiger partial charge is 0.0258 e. The molecule has 2 heteroatoms. The van der Waals surface area contributed by atoms with Crippen LogP contribution in [0.4, 0.5) is 0 Å². The van der Waals surface area contributed by atoms with Crippen molar-refractivity contribution in [3.63, 3.8) is 0 Å². The molecule has 0 spiro atoms. The van der Waals surface area contributed by atoms with Crippen LogP contribution in [0.5, 0.6) is 0 Å². The molecule has 2 aliphatic heterocycles. The van der Waals surface area contributed by atoms with Crippen molar-refractivity contribution in [1.82, 2.24) is 10.4 Å². The highest BCUT2D eigenvalue weighted by molar-refractivity contribution is 4.82. The Morgan fingerprint density at radius 2 is 2.30 bits per heavy atom. The highest BCUT2D eigenvalue weighted by Gasteiger charge is 2.29. The van der Waals surface area contributed by atoms with Gasteiger partial charge in [0.1, 0.15) is 0 Å². The molecule has 2 heterocycles. The molecule has 0 aliphatic carbocycles. The first-order chi connectivity index (χ1) is 4.86. The Hall–Kier alpha value is -0.0800. The van der Waals surface area contributed by atoms with Gasteiger partial charge >= 0.3 is 0 Å². The largest absolute Gasteiger partial charge is 0.255 e. The monoisotopic (exact) mass is 140 g/mol. The van der Waals surface area contributed by atoms with Gasteiger partial charge in [-0.1, -0.05) is 6.92 Å². The van der Waals surface area contributed by atoms with Crippen molar-refractivity contribution in [3.8, 4) is 0 Å². The zero-order chi connectivity index (χ0) is 6.97. The Labute approximate surface area is 62.6 Å². The molecule has 1 N–H and O–H groups in total. The van der Waals surface area contributed by atoms with E-state index < -0.39 is 0 Å². The van der Waals surface area contributed by atoms with E-state index in [1.807, 2.05) is 0 Å². The Balaban J connectivity index is 1.96. The highest BCUT2D eigenvalue weighted by atomic mass is 15.5. The maximum Gasteiger partial charge on any atom is 0.0258 e. The zero-order valence-corrected chi connectivity index (χ0v) is 6.64. The van der Waals surface area contributed by atoms with Crippen LogP contribution in [0.3, 0.4) is 0 Å².